The fraction of sp³-hybridized carbons (Fsp3) is 0.190. The molecular weight excluding hydrogens is 348 g/mol. The first kappa shape index (κ1) is 18.2. The molecule has 1 aromatic heterocycles. The van der Waals surface area contributed by atoms with E-state index in [0.29, 0.717) is 28.9 Å². The third-order valence-electron chi connectivity index (χ3n) is 4.22. The van der Waals surface area contributed by atoms with Crippen molar-refractivity contribution in [2.24, 2.45) is 0 Å². The number of aliphatic hydroxyl groups is 1. The summed E-state index contributed by atoms with van der Waals surface area (Å²) in [5.74, 6) is 1.57. The lowest BCUT2D eigenvalue weighted by molar-refractivity contribution is 0.235. The van der Waals surface area contributed by atoms with Gasteiger partial charge in [-0.15, -0.1) is 0 Å². The smallest absolute Gasteiger partial charge is 0.172 e. The summed E-state index contributed by atoms with van der Waals surface area (Å²) in [7, 11) is 1.65. The van der Waals surface area contributed by atoms with Gasteiger partial charge in [0.2, 0.25) is 0 Å². The Hall–Kier alpha value is -2.63. The third-order valence-corrected chi connectivity index (χ3v) is 4.53. The molecule has 4 nitrogen and oxygen atoms in total. The largest absolute Gasteiger partial charge is 0.503 e. The number of hydrogen-bond acceptors (Lipinski definition) is 5. The molecule has 2 aromatic carbocycles. The number of aliphatic hydroxyl groups excluding tert-OH is 1. The maximum absolute atomic E-state index is 10.0. The van der Waals surface area contributed by atoms with Crippen molar-refractivity contribution in [3.05, 3.63) is 76.2 Å². The Morgan fingerprint density at radius 1 is 0.962 bits per heavy atom. The van der Waals surface area contributed by atoms with E-state index in [1.54, 1.807) is 7.11 Å². The minimum atomic E-state index is -0.243. The standard InChI is InChI=1S/C21H20O4S/c1-24-17-9-7-16(8-10-17)15-5-2-14(3-6-15)4-11-19-21(23)20(26)12-18(13-22)25-19/h2-3,5-10,12,22-23H,4,11,13H2,1H3. The van der Waals surface area contributed by atoms with Gasteiger partial charge in [0.05, 0.1) is 11.6 Å². The van der Waals surface area contributed by atoms with E-state index >= 15 is 0 Å². The zero-order chi connectivity index (χ0) is 18.5. The number of aryl methyl sites for hydroxylation is 2. The van der Waals surface area contributed by atoms with E-state index in [2.05, 4.69) is 24.3 Å². The summed E-state index contributed by atoms with van der Waals surface area (Å²) in [6.07, 6.45) is 1.20. The fourth-order valence-corrected chi connectivity index (χ4v) is 2.99. The van der Waals surface area contributed by atoms with Gasteiger partial charge in [-0.3, -0.25) is 0 Å². The van der Waals surface area contributed by atoms with Crippen LogP contribution >= 0.6 is 12.2 Å². The SMILES string of the molecule is COc1ccc(-c2ccc(CCc3oc(CO)cc(=S)c3O)cc2)cc1. The topological polar surface area (TPSA) is 62.8 Å². The number of benzene rings is 2. The zero-order valence-electron chi connectivity index (χ0n) is 14.4. The molecule has 0 bridgehead atoms. The molecule has 1 heterocycles. The van der Waals surface area contributed by atoms with Crippen LogP contribution < -0.4 is 4.74 Å². The van der Waals surface area contributed by atoms with Crippen molar-refractivity contribution in [3.8, 4) is 22.6 Å². The van der Waals surface area contributed by atoms with Crippen LogP contribution in [0.5, 0.6) is 11.5 Å². The molecule has 0 aliphatic heterocycles. The van der Waals surface area contributed by atoms with Crippen molar-refractivity contribution in [1.82, 2.24) is 0 Å². The lowest BCUT2D eigenvalue weighted by Gasteiger charge is -2.08. The van der Waals surface area contributed by atoms with Gasteiger partial charge < -0.3 is 19.4 Å². The lowest BCUT2D eigenvalue weighted by Crippen LogP contribution is -1.95. The van der Waals surface area contributed by atoms with Crippen LogP contribution in [0.2, 0.25) is 0 Å². The first-order chi connectivity index (χ1) is 12.6. The van der Waals surface area contributed by atoms with E-state index in [4.69, 9.17) is 21.4 Å². The highest BCUT2D eigenvalue weighted by atomic mass is 32.1. The molecule has 0 atom stereocenters. The van der Waals surface area contributed by atoms with Crippen LogP contribution in [0, 0.1) is 4.51 Å². The number of methoxy groups -OCH3 is 1. The minimum absolute atomic E-state index is 0.0212. The van der Waals surface area contributed by atoms with Gasteiger partial charge in [-0.05, 0) is 35.2 Å². The van der Waals surface area contributed by atoms with Crippen LogP contribution in [0.3, 0.4) is 0 Å². The molecule has 3 rings (SSSR count). The molecule has 0 amide bonds. The maximum Gasteiger partial charge on any atom is 0.172 e. The van der Waals surface area contributed by atoms with Crippen molar-refractivity contribution in [1.29, 1.82) is 0 Å². The Morgan fingerprint density at radius 3 is 2.15 bits per heavy atom. The van der Waals surface area contributed by atoms with Gasteiger partial charge in [-0.1, -0.05) is 48.6 Å². The Kier molecular flexibility index (Phi) is 5.71. The van der Waals surface area contributed by atoms with Crippen LogP contribution in [0.25, 0.3) is 11.1 Å². The highest BCUT2D eigenvalue weighted by Gasteiger charge is 2.09. The predicted octanol–water partition coefficient (Wildman–Crippen LogP) is 4.67. The van der Waals surface area contributed by atoms with Crippen molar-refractivity contribution in [2.45, 2.75) is 19.4 Å². The van der Waals surface area contributed by atoms with E-state index in [9.17, 15) is 10.2 Å². The highest BCUT2D eigenvalue weighted by molar-refractivity contribution is 7.71. The lowest BCUT2D eigenvalue weighted by atomic mass is 10.0. The quantitative estimate of drug-likeness (QED) is 0.619. The summed E-state index contributed by atoms with van der Waals surface area (Å²) in [6, 6.07) is 17.6. The average molecular weight is 368 g/mol. The molecule has 5 heteroatoms. The number of hydrogen-bond donors (Lipinski definition) is 2. The van der Waals surface area contributed by atoms with Crippen LogP contribution in [0.15, 0.2) is 59.0 Å². The van der Waals surface area contributed by atoms with Gasteiger partial charge in [0, 0.05) is 12.5 Å². The van der Waals surface area contributed by atoms with Crippen molar-refractivity contribution >= 4 is 12.2 Å². The second kappa shape index (κ2) is 8.17. The van der Waals surface area contributed by atoms with Gasteiger partial charge in [-0.25, -0.2) is 0 Å². The van der Waals surface area contributed by atoms with Gasteiger partial charge in [0.15, 0.2) is 5.75 Å². The molecule has 0 radical (unpaired) electrons. The maximum atomic E-state index is 10.0. The Morgan fingerprint density at radius 2 is 1.58 bits per heavy atom. The van der Waals surface area contributed by atoms with E-state index < -0.39 is 0 Å². The molecule has 0 spiro atoms. The van der Waals surface area contributed by atoms with E-state index in [1.807, 2.05) is 24.3 Å². The van der Waals surface area contributed by atoms with Gasteiger partial charge in [0.25, 0.3) is 0 Å². The van der Waals surface area contributed by atoms with Gasteiger partial charge in [0.1, 0.15) is 23.9 Å². The molecule has 3 aromatic rings. The van der Waals surface area contributed by atoms with E-state index in [1.165, 1.54) is 6.07 Å². The molecule has 0 unspecified atom stereocenters. The Labute approximate surface area is 157 Å². The van der Waals surface area contributed by atoms with Crippen LogP contribution in [-0.4, -0.2) is 17.3 Å². The first-order valence-electron chi connectivity index (χ1n) is 8.30. The molecular formula is C21H20O4S. The first-order valence-corrected chi connectivity index (χ1v) is 8.70. The third kappa shape index (κ3) is 4.12. The zero-order valence-corrected chi connectivity index (χ0v) is 15.3. The van der Waals surface area contributed by atoms with E-state index in [-0.39, 0.29) is 12.4 Å². The molecule has 0 saturated heterocycles. The monoisotopic (exact) mass is 368 g/mol. The second-order valence-electron chi connectivity index (χ2n) is 5.93. The van der Waals surface area contributed by atoms with Crippen LogP contribution in [-0.2, 0) is 19.4 Å². The summed E-state index contributed by atoms with van der Waals surface area (Å²) in [6.45, 7) is -0.243. The summed E-state index contributed by atoms with van der Waals surface area (Å²) in [4.78, 5) is 0. The Balaban J connectivity index is 1.72. The molecule has 2 N–H and O–H groups in total. The normalized spacial score (nSPS) is 10.7. The number of ether oxygens (including phenoxy) is 1. The predicted molar refractivity (Wildman–Crippen MR) is 103 cm³/mol. The van der Waals surface area contributed by atoms with Crippen LogP contribution in [0.4, 0.5) is 0 Å². The summed E-state index contributed by atoms with van der Waals surface area (Å²) in [5.41, 5.74) is 3.37. The van der Waals surface area contributed by atoms with Gasteiger partial charge >= 0.3 is 0 Å². The minimum Gasteiger partial charge on any atom is -0.503 e. The highest BCUT2D eigenvalue weighted by Crippen LogP contribution is 2.25. The molecule has 26 heavy (non-hydrogen) atoms. The summed E-state index contributed by atoms with van der Waals surface area (Å²) < 4.78 is 11.0. The van der Waals surface area contributed by atoms with Crippen LogP contribution in [0.1, 0.15) is 17.1 Å². The summed E-state index contributed by atoms with van der Waals surface area (Å²) >= 11 is 5.08. The molecule has 134 valence electrons. The molecule has 0 aliphatic carbocycles. The molecule has 0 aliphatic rings. The summed E-state index contributed by atoms with van der Waals surface area (Å²) in [5, 5.41) is 19.2. The van der Waals surface area contributed by atoms with Crippen molar-refractivity contribution in [2.75, 3.05) is 7.11 Å². The number of aromatic hydroxyl groups is 1. The fourth-order valence-electron chi connectivity index (χ4n) is 2.74. The molecule has 0 saturated carbocycles. The number of rotatable bonds is 6. The Bertz CT molecular complexity index is 928. The van der Waals surface area contributed by atoms with Crippen molar-refractivity contribution < 1.29 is 19.4 Å². The second-order valence-corrected chi connectivity index (χ2v) is 6.37. The van der Waals surface area contributed by atoms with E-state index in [0.717, 1.165) is 22.4 Å². The van der Waals surface area contributed by atoms with Gasteiger partial charge in [-0.2, -0.15) is 0 Å². The average Bonchev–Trinajstić information content (AvgIpc) is 2.69. The molecule has 0 fully saturated rings. The van der Waals surface area contributed by atoms with Crippen molar-refractivity contribution in [3.63, 3.8) is 0 Å².